The number of carbonyl (C=O) groups excluding carboxylic acids is 1. The van der Waals surface area contributed by atoms with Crippen molar-refractivity contribution in [1.29, 1.82) is 0 Å². The van der Waals surface area contributed by atoms with Gasteiger partial charge >= 0.3 is 0 Å². The second kappa shape index (κ2) is 8.30. The molecule has 0 aliphatic heterocycles. The van der Waals surface area contributed by atoms with Gasteiger partial charge in [0.2, 0.25) is 0 Å². The number of anilines is 1. The molecule has 3 aromatic rings. The summed E-state index contributed by atoms with van der Waals surface area (Å²) in [5.41, 5.74) is 3.46. The van der Waals surface area contributed by atoms with Crippen LogP contribution in [0, 0.1) is 6.92 Å². The van der Waals surface area contributed by atoms with E-state index in [9.17, 15) is 15.0 Å². The highest BCUT2D eigenvalue weighted by Gasteiger charge is 2.17. The Morgan fingerprint density at radius 2 is 1.93 bits per heavy atom. The number of carbonyl (C=O) groups is 1. The van der Waals surface area contributed by atoms with E-state index in [2.05, 4.69) is 15.6 Å². The standard InChI is InChI=1S/C19H19ClN4O3/c1-12-18(22-23-24(12)9-13-3-2-4-16(20)7-13)19(27)21-17-6-5-14(10-25)15(8-17)11-26/h2-8,25-26H,9-11H2,1H3,(H,21,27). The fourth-order valence-electron chi connectivity index (χ4n) is 2.72. The lowest BCUT2D eigenvalue weighted by molar-refractivity contribution is 0.102. The highest BCUT2D eigenvalue weighted by molar-refractivity contribution is 6.30. The molecule has 0 fully saturated rings. The number of nitrogens with one attached hydrogen (secondary N) is 1. The maximum Gasteiger partial charge on any atom is 0.278 e. The van der Waals surface area contributed by atoms with Crippen molar-refractivity contribution in [3.63, 3.8) is 0 Å². The summed E-state index contributed by atoms with van der Waals surface area (Å²) in [5, 5.41) is 30.0. The quantitative estimate of drug-likeness (QED) is 0.604. The maximum absolute atomic E-state index is 12.5. The second-order valence-corrected chi connectivity index (χ2v) is 6.50. The van der Waals surface area contributed by atoms with E-state index in [1.807, 2.05) is 18.2 Å². The van der Waals surface area contributed by atoms with Crippen molar-refractivity contribution < 1.29 is 15.0 Å². The number of halogens is 1. The Labute approximate surface area is 161 Å². The molecular weight excluding hydrogens is 368 g/mol. The monoisotopic (exact) mass is 386 g/mol. The molecule has 7 nitrogen and oxygen atoms in total. The summed E-state index contributed by atoms with van der Waals surface area (Å²) >= 11 is 6.00. The fraction of sp³-hybridized carbons (Fsp3) is 0.211. The molecule has 0 aliphatic rings. The van der Waals surface area contributed by atoms with Crippen LogP contribution in [0.25, 0.3) is 0 Å². The molecule has 0 unspecified atom stereocenters. The van der Waals surface area contributed by atoms with Crippen molar-refractivity contribution in [3.8, 4) is 0 Å². The number of aliphatic hydroxyl groups excluding tert-OH is 2. The molecule has 3 rings (SSSR count). The van der Waals surface area contributed by atoms with Crippen molar-refractivity contribution in [3.05, 3.63) is 75.6 Å². The van der Waals surface area contributed by atoms with Gasteiger partial charge in [-0.05, 0) is 47.9 Å². The average Bonchev–Trinajstić information content (AvgIpc) is 3.02. The van der Waals surface area contributed by atoms with Gasteiger partial charge in [0, 0.05) is 10.7 Å². The van der Waals surface area contributed by atoms with Crippen LogP contribution in [0.15, 0.2) is 42.5 Å². The van der Waals surface area contributed by atoms with Gasteiger partial charge in [0.05, 0.1) is 25.5 Å². The van der Waals surface area contributed by atoms with Gasteiger partial charge in [-0.15, -0.1) is 5.10 Å². The van der Waals surface area contributed by atoms with E-state index >= 15 is 0 Å². The molecule has 1 amide bonds. The lowest BCUT2D eigenvalue weighted by atomic mass is 10.1. The number of amides is 1. The van der Waals surface area contributed by atoms with Crippen molar-refractivity contribution >= 4 is 23.2 Å². The predicted octanol–water partition coefficient (Wildman–Crippen LogP) is 2.53. The van der Waals surface area contributed by atoms with Crippen LogP contribution in [-0.4, -0.2) is 31.1 Å². The third kappa shape index (κ3) is 4.33. The lowest BCUT2D eigenvalue weighted by Crippen LogP contribution is -2.15. The number of benzene rings is 2. The zero-order chi connectivity index (χ0) is 19.4. The summed E-state index contributed by atoms with van der Waals surface area (Å²) in [7, 11) is 0. The average molecular weight is 387 g/mol. The van der Waals surface area contributed by atoms with Gasteiger partial charge in [0.15, 0.2) is 5.69 Å². The molecular formula is C19H19ClN4O3. The maximum atomic E-state index is 12.5. The molecule has 0 radical (unpaired) electrons. The molecule has 0 saturated heterocycles. The van der Waals surface area contributed by atoms with Crippen LogP contribution in [0.1, 0.15) is 32.9 Å². The van der Waals surface area contributed by atoms with E-state index in [1.165, 1.54) is 0 Å². The highest BCUT2D eigenvalue weighted by Crippen LogP contribution is 2.18. The number of hydrogen-bond donors (Lipinski definition) is 3. The normalized spacial score (nSPS) is 10.8. The molecule has 0 atom stereocenters. The third-order valence-corrected chi connectivity index (χ3v) is 4.46. The van der Waals surface area contributed by atoms with Crippen LogP contribution in [-0.2, 0) is 19.8 Å². The first-order valence-electron chi connectivity index (χ1n) is 8.31. The third-order valence-electron chi connectivity index (χ3n) is 4.22. The predicted molar refractivity (Wildman–Crippen MR) is 102 cm³/mol. The van der Waals surface area contributed by atoms with E-state index in [0.29, 0.717) is 34.1 Å². The minimum absolute atomic E-state index is 0.180. The summed E-state index contributed by atoms with van der Waals surface area (Å²) < 4.78 is 1.63. The van der Waals surface area contributed by atoms with Crippen molar-refractivity contribution in [1.82, 2.24) is 15.0 Å². The van der Waals surface area contributed by atoms with E-state index in [1.54, 1.807) is 35.9 Å². The van der Waals surface area contributed by atoms with Crippen LogP contribution < -0.4 is 5.32 Å². The Balaban J connectivity index is 1.77. The Hall–Kier alpha value is -2.74. The molecule has 0 spiro atoms. The molecule has 0 aliphatic carbocycles. The fourth-order valence-corrected chi connectivity index (χ4v) is 2.94. The molecule has 8 heteroatoms. The van der Waals surface area contributed by atoms with E-state index in [-0.39, 0.29) is 18.9 Å². The molecule has 0 bridgehead atoms. The van der Waals surface area contributed by atoms with Gasteiger partial charge in [0.1, 0.15) is 0 Å². The van der Waals surface area contributed by atoms with E-state index in [4.69, 9.17) is 11.6 Å². The SMILES string of the molecule is Cc1c(C(=O)Nc2ccc(CO)c(CO)c2)nnn1Cc1cccc(Cl)c1. The lowest BCUT2D eigenvalue weighted by Gasteiger charge is -2.09. The highest BCUT2D eigenvalue weighted by atomic mass is 35.5. The van der Waals surface area contributed by atoms with Crippen molar-refractivity contribution in [2.45, 2.75) is 26.7 Å². The minimum Gasteiger partial charge on any atom is -0.392 e. The number of aromatic nitrogens is 3. The Kier molecular flexibility index (Phi) is 5.85. The molecule has 27 heavy (non-hydrogen) atoms. The molecule has 140 valence electrons. The van der Waals surface area contributed by atoms with Crippen LogP contribution in [0.2, 0.25) is 5.02 Å². The minimum atomic E-state index is -0.398. The first-order valence-corrected chi connectivity index (χ1v) is 8.69. The van der Waals surface area contributed by atoms with Gasteiger partial charge in [-0.25, -0.2) is 4.68 Å². The summed E-state index contributed by atoms with van der Waals surface area (Å²) in [6.45, 7) is 1.81. The van der Waals surface area contributed by atoms with Gasteiger partial charge in [-0.1, -0.05) is 35.0 Å². The second-order valence-electron chi connectivity index (χ2n) is 6.06. The van der Waals surface area contributed by atoms with E-state index in [0.717, 1.165) is 5.56 Å². The Morgan fingerprint density at radius 3 is 2.63 bits per heavy atom. The Morgan fingerprint density at radius 1 is 1.15 bits per heavy atom. The molecule has 0 saturated carbocycles. The first kappa shape index (κ1) is 19.0. The summed E-state index contributed by atoms with van der Waals surface area (Å²) in [4.78, 5) is 12.5. The van der Waals surface area contributed by atoms with Crippen LogP contribution in [0.3, 0.4) is 0 Å². The smallest absolute Gasteiger partial charge is 0.278 e. The zero-order valence-corrected chi connectivity index (χ0v) is 15.4. The van der Waals surface area contributed by atoms with Gasteiger partial charge in [0.25, 0.3) is 5.91 Å². The number of aliphatic hydroxyl groups is 2. The number of rotatable bonds is 6. The summed E-state index contributed by atoms with van der Waals surface area (Å²) in [6, 6.07) is 12.3. The molecule has 1 aromatic heterocycles. The topological polar surface area (TPSA) is 100 Å². The van der Waals surface area contributed by atoms with Crippen LogP contribution in [0.4, 0.5) is 5.69 Å². The largest absolute Gasteiger partial charge is 0.392 e. The zero-order valence-electron chi connectivity index (χ0n) is 14.7. The van der Waals surface area contributed by atoms with Gasteiger partial charge in [-0.3, -0.25) is 4.79 Å². The molecule has 3 N–H and O–H groups in total. The Bertz CT molecular complexity index is 971. The number of hydrogen-bond acceptors (Lipinski definition) is 5. The van der Waals surface area contributed by atoms with Crippen LogP contribution >= 0.6 is 11.6 Å². The van der Waals surface area contributed by atoms with Crippen molar-refractivity contribution in [2.24, 2.45) is 0 Å². The van der Waals surface area contributed by atoms with Crippen LogP contribution in [0.5, 0.6) is 0 Å². The summed E-state index contributed by atoms with van der Waals surface area (Å²) in [5.74, 6) is -0.398. The summed E-state index contributed by atoms with van der Waals surface area (Å²) in [6.07, 6.45) is 0. The van der Waals surface area contributed by atoms with Gasteiger partial charge in [-0.2, -0.15) is 0 Å². The first-order chi connectivity index (χ1) is 13.0. The molecule has 1 heterocycles. The van der Waals surface area contributed by atoms with Gasteiger partial charge < -0.3 is 15.5 Å². The van der Waals surface area contributed by atoms with E-state index < -0.39 is 5.91 Å². The molecule has 2 aromatic carbocycles. The van der Waals surface area contributed by atoms with Crippen molar-refractivity contribution in [2.75, 3.05) is 5.32 Å². The number of nitrogens with zero attached hydrogens (tertiary/aromatic N) is 3.